The molecule has 0 aliphatic carbocycles. The van der Waals surface area contributed by atoms with Crippen molar-refractivity contribution < 1.29 is 14.3 Å². The van der Waals surface area contributed by atoms with Crippen molar-refractivity contribution in [2.45, 2.75) is 19.8 Å². The lowest BCUT2D eigenvalue weighted by Crippen LogP contribution is -2.39. The molecule has 7 heteroatoms. The summed E-state index contributed by atoms with van der Waals surface area (Å²) < 4.78 is 10.4. The van der Waals surface area contributed by atoms with Gasteiger partial charge in [-0.3, -0.25) is 4.79 Å². The first-order valence-corrected chi connectivity index (χ1v) is 8.75. The van der Waals surface area contributed by atoms with Crippen LogP contribution in [0.2, 0.25) is 0 Å². The summed E-state index contributed by atoms with van der Waals surface area (Å²) in [6, 6.07) is 6.35. The van der Waals surface area contributed by atoms with Gasteiger partial charge in [0.2, 0.25) is 5.91 Å². The Morgan fingerprint density at radius 3 is 2.96 bits per heavy atom. The summed E-state index contributed by atoms with van der Waals surface area (Å²) in [5, 5.41) is 9.16. The zero-order chi connectivity index (χ0) is 17.9. The van der Waals surface area contributed by atoms with Crippen LogP contribution in [-0.4, -0.2) is 58.4 Å². The fourth-order valence-corrected chi connectivity index (χ4v) is 2.56. The molecule has 1 aliphatic rings. The molecular weight excluding hydrogens is 320 g/mol. The Morgan fingerprint density at radius 1 is 1.28 bits per heavy atom. The summed E-state index contributed by atoms with van der Waals surface area (Å²) in [5.41, 5.74) is 2.55. The first-order chi connectivity index (χ1) is 12.2. The van der Waals surface area contributed by atoms with E-state index in [2.05, 4.69) is 33.1 Å². The van der Waals surface area contributed by atoms with Crippen molar-refractivity contribution in [2.75, 3.05) is 46.5 Å². The van der Waals surface area contributed by atoms with E-state index >= 15 is 0 Å². The maximum Gasteiger partial charge on any atom is 0.241 e. The Bertz CT molecular complexity index is 590. The second-order valence-corrected chi connectivity index (χ2v) is 5.76. The van der Waals surface area contributed by atoms with Gasteiger partial charge in [0.05, 0.1) is 13.2 Å². The summed E-state index contributed by atoms with van der Waals surface area (Å²) in [7, 11) is 1.60. The number of fused-ring (bicyclic) bond motifs is 1. The average Bonchev–Trinajstić information content (AvgIpc) is 3.07. The molecule has 1 heterocycles. The van der Waals surface area contributed by atoms with E-state index in [0.29, 0.717) is 19.1 Å². The van der Waals surface area contributed by atoms with E-state index in [1.165, 1.54) is 11.1 Å². The maximum atomic E-state index is 11.7. The van der Waals surface area contributed by atoms with E-state index in [1.807, 2.05) is 13.0 Å². The van der Waals surface area contributed by atoms with Crippen molar-refractivity contribution in [3.63, 3.8) is 0 Å². The highest BCUT2D eigenvalue weighted by Crippen LogP contribution is 2.25. The number of rotatable bonds is 9. The predicted octanol–water partition coefficient (Wildman–Crippen LogP) is 0.482. The summed E-state index contributed by atoms with van der Waals surface area (Å²) in [5.74, 6) is 1.54. The number of carbonyl (C=O) groups is 1. The van der Waals surface area contributed by atoms with Crippen LogP contribution in [0.5, 0.6) is 5.75 Å². The molecule has 0 atom stereocenters. The van der Waals surface area contributed by atoms with Gasteiger partial charge in [-0.1, -0.05) is 12.1 Å². The molecule has 0 unspecified atom stereocenters. The lowest BCUT2D eigenvalue weighted by atomic mass is 10.1. The van der Waals surface area contributed by atoms with Crippen molar-refractivity contribution in [2.24, 2.45) is 4.99 Å². The van der Waals surface area contributed by atoms with E-state index in [4.69, 9.17) is 9.47 Å². The molecule has 0 saturated heterocycles. The van der Waals surface area contributed by atoms with Gasteiger partial charge in [0.25, 0.3) is 0 Å². The van der Waals surface area contributed by atoms with Crippen LogP contribution in [0.3, 0.4) is 0 Å². The number of methoxy groups -OCH3 is 1. The van der Waals surface area contributed by atoms with Crippen molar-refractivity contribution in [1.82, 2.24) is 16.0 Å². The Hall–Kier alpha value is -2.28. The van der Waals surface area contributed by atoms with Gasteiger partial charge in [-0.05, 0) is 30.5 Å². The average molecular weight is 348 g/mol. The van der Waals surface area contributed by atoms with Gasteiger partial charge in [0, 0.05) is 33.2 Å². The number of guanidine groups is 1. The summed E-state index contributed by atoms with van der Waals surface area (Å²) in [6.07, 6.45) is 1.87. The molecule has 3 N–H and O–H groups in total. The predicted molar refractivity (Wildman–Crippen MR) is 98.2 cm³/mol. The van der Waals surface area contributed by atoms with Gasteiger partial charge in [-0.2, -0.15) is 0 Å². The number of carbonyl (C=O) groups excluding carboxylic acids is 1. The first kappa shape index (κ1) is 19.1. The zero-order valence-corrected chi connectivity index (χ0v) is 15.1. The third-order valence-electron chi connectivity index (χ3n) is 3.81. The van der Waals surface area contributed by atoms with E-state index in [-0.39, 0.29) is 12.5 Å². The minimum atomic E-state index is -0.118. The highest BCUT2D eigenvalue weighted by molar-refractivity contribution is 5.84. The third-order valence-corrected chi connectivity index (χ3v) is 3.81. The second-order valence-electron chi connectivity index (χ2n) is 5.76. The Kier molecular flexibility index (Phi) is 8.04. The van der Waals surface area contributed by atoms with Crippen LogP contribution in [0, 0.1) is 0 Å². The molecule has 1 aromatic carbocycles. The molecular formula is C18H28N4O3. The lowest BCUT2D eigenvalue weighted by molar-refractivity contribution is -0.119. The minimum absolute atomic E-state index is 0.0925. The Balaban J connectivity index is 1.76. The molecule has 0 spiro atoms. The smallest absolute Gasteiger partial charge is 0.241 e. The van der Waals surface area contributed by atoms with E-state index in [1.54, 1.807) is 7.11 Å². The minimum Gasteiger partial charge on any atom is -0.493 e. The summed E-state index contributed by atoms with van der Waals surface area (Å²) in [6.45, 7) is 5.35. The fourth-order valence-electron chi connectivity index (χ4n) is 2.56. The standard InChI is InChI=1S/C18H28N4O3/c1-3-19-18(22-13-17(23)20-9-11-24-2)21-8-6-14-4-5-16-15(12-14)7-10-25-16/h4-5,12H,3,6-11,13H2,1-2H3,(H,20,23)(H2,19,21,22). The molecule has 7 nitrogen and oxygen atoms in total. The normalized spacial score (nSPS) is 13.1. The number of hydrogen-bond acceptors (Lipinski definition) is 4. The van der Waals surface area contributed by atoms with Crippen molar-refractivity contribution in [3.05, 3.63) is 29.3 Å². The van der Waals surface area contributed by atoms with Gasteiger partial charge in [0.15, 0.2) is 5.96 Å². The number of nitrogens with zero attached hydrogens (tertiary/aromatic N) is 1. The molecule has 0 saturated carbocycles. The van der Waals surface area contributed by atoms with Crippen LogP contribution in [0.1, 0.15) is 18.1 Å². The molecule has 1 amide bonds. The molecule has 2 rings (SSSR count). The van der Waals surface area contributed by atoms with Crippen LogP contribution in [0.4, 0.5) is 0 Å². The van der Waals surface area contributed by atoms with Crippen molar-refractivity contribution in [1.29, 1.82) is 0 Å². The van der Waals surface area contributed by atoms with E-state index < -0.39 is 0 Å². The number of aliphatic imine (C=N–C) groups is 1. The number of nitrogens with one attached hydrogen (secondary N) is 3. The number of hydrogen-bond donors (Lipinski definition) is 3. The molecule has 1 aromatic rings. The second kappa shape index (κ2) is 10.6. The molecule has 0 radical (unpaired) electrons. The highest BCUT2D eigenvalue weighted by Gasteiger charge is 2.11. The third kappa shape index (κ3) is 6.62. The van der Waals surface area contributed by atoms with Crippen LogP contribution in [0.15, 0.2) is 23.2 Å². The lowest BCUT2D eigenvalue weighted by Gasteiger charge is -2.11. The summed E-state index contributed by atoms with van der Waals surface area (Å²) >= 11 is 0. The monoisotopic (exact) mass is 348 g/mol. The van der Waals surface area contributed by atoms with Crippen molar-refractivity contribution in [3.8, 4) is 5.75 Å². The van der Waals surface area contributed by atoms with Gasteiger partial charge in [-0.15, -0.1) is 0 Å². The highest BCUT2D eigenvalue weighted by atomic mass is 16.5. The first-order valence-electron chi connectivity index (χ1n) is 8.75. The fraction of sp³-hybridized carbons (Fsp3) is 0.556. The summed E-state index contributed by atoms with van der Waals surface area (Å²) in [4.78, 5) is 16.0. The molecule has 0 fully saturated rings. The van der Waals surface area contributed by atoms with Crippen molar-refractivity contribution >= 4 is 11.9 Å². The van der Waals surface area contributed by atoms with Gasteiger partial charge >= 0.3 is 0 Å². The van der Waals surface area contributed by atoms with Crippen LogP contribution >= 0.6 is 0 Å². The molecule has 138 valence electrons. The Labute approximate surface area is 149 Å². The molecule has 1 aliphatic heterocycles. The quantitative estimate of drug-likeness (QED) is 0.343. The van der Waals surface area contributed by atoms with Crippen LogP contribution in [-0.2, 0) is 22.4 Å². The van der Waals surface area contributed by atoms with E-state index in [9.17, 15) is 4.79 Å². The topological polar surface area (TPSA) is 84.0 Å². The Morgan fingerprint density at radius 2 is 2.16 bits per heavy atom. The SMILES string of the molecule is CCNC(=NCC(=O)NCCOC)NCCc1ccc2c(c1)CCO2. The number of benzene rings is 1. The molecule has 25 heavy (non-hydrogen) atoms. The maximum absolute atomic E-state index is 11.7. The van der Waals surface area contributed by atoms with Gasteiger partial charge in [-0.25, -0.2) is 4.99 Å². The number of ether oxygens (including phenoxy) is 2. The van der Waals surface area contributed by atoms with Crippen LogP contribution < -0.4 is 20.7 Å². The van der Waals surface area contributed by atoms with Gasteiger partial charge in [0.1, 0.15) is 12.3 Å². The molecule has 0 bridgehead atoms. The van der Waals surface area contributed by atoms with E-state index in [0.717, 1.165) is 38.3 Å². The van der Waals surface area contributed by atoms with Gasteiger partial charge < -0.3 is 25.4 Å². The largest absolute Gasteiger partial charge is 0.493 e. The molecule has 0 aromatic heterocycles. The van der Waals surface area contributed by atoms with Crippen LogP contribution in [0.25, 0.3) is 0 Å². The zero-order valence-electron chi connectivity index (χ0n) is 15.1. The number of amides is 1.